The number of methoxy groups -OCH3 is 1. The lowest BCUT2D eigenvalue weighted by atomic mass is 9.93. The van der Waals surface area contributed by atoms with E-state index in [1.165, 1.54) is 7.11 Å². The van der Waals surface area contributed by atoms with Gasteiger partial charge in [-0.2, -0.15) is 0 Å². The van der Waals surface area contributed by atoms with E-state index in [1.807, 2.05) is 44.2 Å². The SMILES string of the molecule is COC(=O)C(c1cc(OCCOCCOCc2ccccc2)no1)C(C)C. The van der Waals surface area contributed by atoms with E-state index >= 15 is 0 Å². The van der Waals surface area contributed by atoms with Crippen molar-refractivity contribution in [1.29, 1.82) is 0 Å². The lowest BCUT2D eigenvalue weighted by Crippen LogP contribution is -2.19. The Kier molecular flexibility index (Phi) is 8.80. The average Bonchev–Trinajstić information content (AvgIpc) is 3.12. The Morgan fingerprint density at radius 3 is 2.48 bits per heavy atom. The summed E-state index contributed by atoms with van der Waals surface area (Å²) in [6, 6.07) is 11.6. The summed E-state index contributed by atoms with van der Waals surface area (Å²) in [6.45, 7) is 6.13. The van der Waals surface area contributed by atoms with Crippen LogP contribution in [0.25, 0.3) is 0 Å². The molecule has 27 heavy (non-hydrogen) atoms. The van der Waals surface area contributed by atoms with Crippen LogP contribution in [0.1, 0.15) is 31.1 Å². The number of carbonyl (C=O) groups is 1. The number of rotatable bonds is 12. The maximum atomic E-state index is 11.9. The van der Waals surface area contributed by atoms with Gasteiger partial charge in [0.1, 0.15) is 12.5 Å². The van der Waals surface area contributed by atoms with Gasteiger partial charge in [-0.25, -0.2) is 0 Å². The summed E-state index contributed by atoms with van der Waals surface area (Å²) in [5, 5.41) is 3.83. The number of ether oxygens (including phenoxy) is 4. The Bertz CT molecular complexity index is 670. The van der Waals surface area contributed by atoms with E-state index in [0.717, 1.165) is 5.56 Å². The molecule has 1 heterocycles. The van der Waals surface area contributed by atoms with Gasteiger partial charge in [-0.15, -0.1) is 0 Å². The molecule has 1 aromatic heterocycles. The third-order valence-corrected chi connectivity index (χ3v) is 3.90. The monoisotopic (exact) mass is 377 g/mol. The van der Waals surface area contributed by atoms with E-state index < -0.39 is 5.92 Å². The van der Waals surface area contributed by atoms with Crippen LogP contribution < -0.4 is 4.74 Å². The molecule has 2 rings (SSSR count). The van der Waals surface area contributed by atoms with Gasteiger partial charge < -0.3 is 23.5 Å². The molecule has 0 saturated heterocycles. The molecule has 0 amide bonds. The van der Waals surface area contributed by atoms with E-state index in [1.54, 1.807) is 6.07 Å². The Hall–Kier alpha value is -2.38. The third kappa shape index (κ3) is 7.03. The molecule has 0 radical (unpaired) electrons. The summed E-state index contributed by atoms with van der Waals surface area (Å²) >= 11 is 0. The molecule has 1 aromatic carbocycles. The van der Waals surface area contributed by atoms with Crippen molar-refractivity contribution < 1.29 is 28.3 Å². The predicted molar refractivity (Wildman–Crippen MR) is 98.5 cm³/mol. The van der Waals surface area contributed by atoms with Crippen molar-refractivity contribution in [2.24, 2.45) is 5.92 Å². The Labute approximate surface area is 159 Å². The maximum Gasteiger partial charge on any atom is 0.316 e. The number of hydrogen-bond donors (Lipinski definition) is 0. The van der Waals surface area contributed by atoms with Crippen molar-refractivity contribution in [1.82, 2.24) is 5.16 Å². The summed E-state index contributed by atoms with van der Waals surface area (Å²) in [4.78, 5) is 11.9. The van der Waals surface area contributed by atoms with Crippen LogP contribution in [0.2, 0.25) is 0 Å². The molecule has 0 bridgehead atoms. The molecular weight excluding hydrogens is 350 g/mol. The van der Waals surface area contributed by atoms with Gasteiger partial charge in [0.15, 0.2) is 5.76 Å². The van der Waals surface area contributed by atoms with Gasteiger partial charge in [-0.1, -0.05) is 44.2 Å². The summed E-state index contributed by atoms with van der Waals surface area (Å²) < 4.78 is 26.5. The molecule has 0 N–H and O–H groups in total. The van der Waals surface area contributed by atoms with Gasteiger partial charge in [0.2, 0.25) is 0 Å². The zero-order valence-electron chi connectivity index (χ0n) is 16.1. The second kappa shape index (κ2) is 11.4. The normalized spacial score (nSPS) is 12.1. The Morgan fingerprint density at radius 1 is 1.07 bits per heavy atom. The molecule has 0 spiro atoms. The molecule has 0 aliphatic heterocycles. The van der Waals surface area contributed by atoms with E-state index in [2.05, 4.69) is 5.16 Å². The van der Waals surface area contributed by atoms with Crippen LogP contribution in [0.4, 0.5) is 0 Å². The maximum absolute atomic E-state index is 11.9. The quantitative estimate of drug-likeness (QED) is 0.415. The molecule has 1 unspecified atom stereocenters. The van der Waals surface area contributed by atoms with Crippen LogP contribution in [0, 0.1) is 5.92 Å². The molecule has 0 saturated carbocycles. The highest BCUT2D eigenvalue weighted by Crippen LogP contribution is 2.28. The first kappa shape index (κ1) is 20.9. The van der Waals surface area contributed by atoms with Crippen LogP contribution >= 0.6 is 0 Å². The van der Waals surface area contributed by atoms with Crippen LogP contribution in [0.5, 0.6) is 5.88 Å². The fraction of sp³-hybridized carbons (Fsp3) is 0.500. The van der Waals surface area contributed by atoms with Crippen LogP contribution in [0.15, 0.2) is 40.9 Å². The van der Waals surface area contributed by atoms with Crippen molar-refractivity contribution in [2.75, 3.05) is 33.5 Å². The number of aromatic nitrogens is 1. The Morgan fingerprint density at radius 2 is 1.78 bits per heavy atom. The van der Waals surface area contributed by atoms with Gasteiger partial charge in [0.25, 0.3) is 5.88 Å². The van der Waals surface area contributed by atoms with Crippen LogP contribution in [-0.4, -0.2) is 44.7 Å². The summed E-state index contributed by atoms with van der Waals surface area (Å²) in [5.74, 6) is -0.0765. The molecule has 2 aromatic rings. The van der Waals surface area contributed by atoms with Crippen LogP contribution in [-0.2, 0) is 25.6 Å². The molecule has 1 atom stereocenters. The fourth-order valence-electron chi connectivity index (χ4n) is 2.52. The lowest BCUT2D eigenvalue weighted by Gasteiger charge is -2.14. The third-order valence-electron chi connectivity index (χ3n) is 3.90. The number of benzene rings is 1. The fourth-order valence-corrected chi connectivity index (χ4v) is 2.52. The van der Waals surface area contributed by atoms with Gasteiger partial charge in [0, 0.05) is 6.07 Å². The van der Waals surface area contributed by atoms with Crippen molar-refractivity contribution in [3.63, 3.8) is 0 Å². The average molecular weight is 377 g/mol. The van der Waals surface area contributed by atoms with E-state index in [9.17, 15) is 4.79 Å². The Balaban J connectivity index is 1.60. The number of carbonyl (C=O) groups excluding carboxylic acids is 1. The minimum Gasteiger partial charge on any atom is -0.473 e. The smallest absolute Gasteiger partial charge is 0.316 e. The van der Waals surface area contributed by atoms with E-state index in [4.69, 9.17) is 23.5 Å². The molecule has 0 aliphatic carbocycles. The minimum atomic E-state index is -0.502. The molecule has 7 heteroatoms. The van der Waals surface area contributed by atoms with Crippen molar-refractivity contribution in [2.45, 2.75) is 26.4 Å². The minimum absolute atomic E-state index is 0.0254. The zero-order chi connectivity index (χ0) is 19.5. The van der Waals surface area contributed by atoms with E-state index in [-0.39, 0.29) is 11.9 Å². The van der Waals surface area contributed by atoms with Crippen molar-refractivity contribution in [3.05, 3.63) is 47.7 Å². The first-order valence-electron chi connectivity index (χ1n) is 8.98. The number of esters is 1. The lowest BCUT2D eigenvalue weighted by molar-refractivity contribution is -0.144. The second-order valence-electron chi connectivity index (χ2n) is 6.31. The summed E-state index contributed by atoms with van der Waals surface area (Å²) in [7, 11) is 1.35. The number of nitrogens with zero attached hydrogens (tertiary/aromatic N) is 1. The predicted octanol–water partition coefficient (Wildman–Crippen LogP) is 3.20. The van der Waals surface area contributed by atoms with Crippen molar-refractivity contribution >= 4 is 5.97 Å². The van der Waals surface area contributed by atoms with E-state index in [0.29, 0.717) is 44.7 Å². The highest BCUT2D eigenvalue weighted by atomic mass is 16.6. The molecule has 7 nitrogen and oxygen atoms in total. The first-order valence-corrected chi connectivity index (χ1v) is 8.98. The standard InChI is InChI=1S/C20H27NO6/c1-15(2)19(20(22)23-3)17-13-18(21-27-17)26-12-11-24-9-10-25-14-16-7-5-4-6-8-16/h4-8,13,15,19H,9-12,14H2,1-3H3. The van der Waals surface area contributed by atoms with Gasteiger partial charge in [-0.3, -0.25) is 4.79 Å². The largest absolute Gasteiger partial charge is 0.473 e. The van der Waals surface area contributed by atoms with Gasteiger partial charge >= 0.3 is 5.97 Å². The van der Waals surface area contributed by atoms with Crippen LogP contribution in [0.3, 0.4) is 0 Å². The second-order valence-corrected chi connectivity index (χ2v) is 6.31. The zero-order valence-corrected chi connectivity index (χ0v) is 16.1. The first-order chi connectivity index (χ1) is 13.1. The van der Waals surface area contributed by atoms with Crippen molar-refractivity contribution in [3.8, 4) is 5.88 Å². The highest BCUT2D eigenvalue weighted by Gasteiger charge is 2.29. The molecule has 148 valence electrons. The molecule has 0 fully saturated rings. The van der Waals surface area contributed by atoms with Gasteiger partial charge in [-0.05, 0) is 16.6 Å². The summed E-state index contributed by atoms with van der Waals surface area (Å²) in [5.41, 5.74) is 1.13. The summed E-state index contributed by atoms with van der Waals surface area (Å²) in [6.07, 6.45) is 0. The van der Waals surface area contributed by atoms with Gasteiger partial charge in [0.05, 0.1) is 33.5 Å². The highest BCUT2D eigenvalue weighted by molar-refractivity contribution is 5.77. The number of hydrogen-bond acceptors (Lipinski definition) is 7. The molecular formula is C20H27NO6. The topological polar surface area (TPSA) is 80.0 Å². The molecule has 0 aliphatic rings.